The maximum absolute atomic E-state index is 13.5. The van der Waals surface area contributed by atoms with Crippen LogP contribution in [-0.4, -0.2) is 69.4 Å². The van der Waals surface area contributed by atoms with Crippen LogP contribution in [0.15, 0.2) is 60.8 Å². The number of unbranched alkanes of at least 4 members (excludes halogenated alkanes) is 33. The summed E-state index contributed by atoms with van der Waals surface area (Å²) in [4.78, 5) is 39.9. The Labute approximate surface area is 464 Å². The van der Waals surface area contributed by atoms with E-state index in [0.29, 0.717) is 23.9 Å². The van der Waals surface area contributed by atoms with Crippen LogP contribution in [-0.2, 0) is 27.9 Å². The van der Waals surface area contributed by atoms with Crippen LogP contribution in [0.3, 0.4) is 0 Å². The number of rotatable bonds is 57. The fraction of sp³-hybridized carbons (Fsp3) is 0.815. The van der Waals surface area contributed by atoms with Gasteiger partial charge in [0.25, 0.3) is 7.82 Å². The minimum absolute atomic E-state index is 0.0257. The highest BCUT2D eigenvalue weighted by molar-refractivity contribution is 7.45. The van der Waals surface area contributed by atoms with Crippen molar-refractivity contribution in [2.75, 3.05) is 40.9 Å². The fourth-order valence-electron chi connectivity index (χ4n) is 8.99. The summed E-state index contributed by atoms with van der Waals surface area (Å²) < 4.78 is 30.3. The maximum atomic E-state index is 13.5. The number of hydrogen-bond acceptors (Lipinski definition) is 7. The van der Waals surface area contributed by atoms with Crippen molar-refractivity contribution in [2.24, 2.45) is 0 Å². The zero-order valence-corrected chi connectivity index (χ0v) is 50.9. The topological polar surface area (TPSA) is 114 Å². The number of hydrogen-bond donors (Lipinski definition) is 1. The Kier molecular flexibility index (Phi) is 53.4. The normalized spacial score (nSPS) is 14.1. The van der Waals surface area contributed by atoms with E-state index in [0.717, 1.165) is 77.0 Å². The minimum atomic E-state index is -4.70. The van der Waals surface area contributed by atoms with Crippen LogP contribution in [0.25, 0.3) is 0 Å². The van der Waals surface area contributed by atoms with Crippen molar-refractivity contribution in [2.45, 2.75) is 303 Å². The Bertz CT molecular complexity index is 1470. The number of carbonyl (C=O) groups is 2. The van der Waals surface area contributed by atoms with Crippen LogP contribution < -0.4 is 10.2 Å². The zero-order chi connectivity index (χ0) is 55.0. The molecule has 0 aliphatic rings. The first-order valence-corrected chi connectivity index (χ1v) is 33.1. The largest absolute Gasteiger partial charge is 0.756 e. The van der Waals surface area contributed by atoms with Gasteiger partial charge in [0.15, 0.2) is 0 Å². The molecule has 0 fully saturated rings. The molecule has 0 radical (unpaired) electrons. The number of ether oxygens (including phenoxy) is 1. The average molecular weight is 1070 g/mol. The van der Waals surface area contributed by atoms with Crippen LogP contribution in [0, 0.1) is 0 Å². The molecule has 0 aliphatic heterocycles. The lowest BCUT2D eigenvalue weighted by molar-refractivity contribution is -0.870. The summed E-state index contributed by atoms with van der Waals surface area (Å²) in [6.45, 7) is 6.80. The third-order valence-corrected chi connectivity index (χ3v) is 14.9. The number of nitrogens with one attached hydrogen (secondary N) is 1. The van der Waals surface area contributed by atoms with Gasteiger partial charge in [-0.25, -0.2) is 0 Å². The molecule has 3 unspecified atom stereocenters. The molecule has 0 saturated carbocycles. The van der Waals surface area contributed by atoms with Gasteiger partial charge in [0.05, 0.1) is 33.8 Å². The van der Waals surface area contributed by atoms with Gasteiger partial charge >= 0.3 is 5.97 Å². The van der Waals surface area contributed by atoms with Crippen LogP contribution in [0.2, 0.25) is 0 Å². The number of quaternary nitrogens is 1. The second-order valence-electron chi connectivity index (χ2n) is 22.6. The molecule has 0 bridgehead atoms. The average Bonchev–Trinajstić information content (AvgIpc) is 3.37. The number of esters is 1. The molecular formula is C65H121N2O7P. The lowest BCUT2D eigenvalue weighted by Gasteiger charge is -2.30. The molecule has 0 spiro atoms. The number of phosphoric acid groups is 1. The number of allylic oxidation sites excluding steroid dienone is 9. The van der Waals surface area contributed by atoms with E-state index in [-0.39, 0.29) is 24.9 Å². The molecule has 0 saturated heterocycles. The zero-order valence-electron chi connectivity index (χ0n) is 50.0. The van der Waals surface area contributed by atoms with Crippen LogP contribution in [0.4, 0.5) is 0 Å². The van der Waals surface area contributed by atoms with Crippen LogP contribution in [0.1, 0.15) is 290 Å². The number of carbonyl (C=O) groups excluding carboxylic acids is 2. The van der Waals surface area contributed by atoms with Gasteiger partial charge in [0.1, 0.15) is 19.3 Å². The van der Waals surface area contributed by atoms with Gasteiger partial charge in [-0.05, 0) is 96.0 Å². The molecular weight excluding hydrogens is 952 g/mol. The molecule has 438 valence electrons. The summed E-state index contributed by atoms with van der Waals surface area (Å²) in [6, 6.07) is -0.896. The number of likely N-dealkylation sites (N-methyl/N-ethyl adjacent to an activating group) is 1. The highest BCUT2D eigenvalue weighted by Gasteiger charge is 2.27. The molecule has 0 aromatic heterocycles. The first-order valence-electron chi connectivity index (χ1n) is 31.6. The van der Waals surface area contributed by atoms with Gasteiger partial charge < -0.3 is 28.5 Å². The van der Waals surface area contributed by atoms with Gasteiger partial charge in [0, 0.05) is 12.8 Å². The highest BCUT2D eigenvalue weighted by atomic mass is 31.2. The maximum Gasteiger partial charge on any atom is 0.306 e. The molecule has 0 aliphatic carbocycles. The minimum Gasteiger partial charge on any atom is -0.756 e. The second-order valence-corrected chi connectivity index (χ2v) is 24.0. The van der Waals surface area contributed by atoms with E-state index >= 15 is 0 Å². The van der Waals surface area contributed by atoms with Gasteiger partial charge in [-0.1, -0.05) is 242 Å². The predicted octanol–water partition coefficient (Wildman–Crippen LogP) is 18.8. The summed E-state index contributed by atoms with van der Waals surface area (Å²) in [5.74, 6) is -0.557. The Morgan fingerprint density at radius 2 is 0.813 bits per heavy atom. The Hall–Kier alpha value is -2.29. The quantitative estimate of drug-likeness (QED) is 0.0212. The summed E-state index contributed by atoms with van der Waals surface area (Å²) >= 11 is 0. The van der Waals surface area contributed by atoms with E-state index < -0.39 is 26.6 Å². The summed E-state index contributed by atoms with van der Waals surface area (Å²) in [6.07, 6.45) is 69.1. The van der Waals surface area contributed by atoms with E-state index in [1.54, 1.807) is 0 Å². The Morgan fingerprint density at radius 3 is 1.27 bits per heavy atom. The smallest absolute Gasteiger partial charge is 0.306 e. The molecule has 1 N–H and O–H groups in total. The first kappa shape index (κ1) is 72.7. The Balaban J connectivity index is 5.08. The Morgan fingerprint density at radius 1 is 0.467 bits per heavy atom. The lowest BCUT2D eigenvalue weighted by Crippen LogP contribution is -2.47. The fourth-order valence-corrected chi connectivity index (χ4v) is 9.72. The lowest BCUT2D eigenvalue weighted by atomic mass is 10.0. The number of amides is 1. The van der Waals surface area contributed by atoms with E-state index in [1.807, 2.05) is 33.3 Å². The monoisotopic (exact) mass is 1070 g/mol. The van der Waals surface area contributed by atoms with Crippen LogP contribution >= 0.6 is 7.82 Å². The molecule has 0 heterocycles. The molecule has 0 rings (SSSR count). The van der Waals surface area contributed by atoms with Crippen molar-refractivity contribution < 1.29 is 37.3 Å². The standard InChI is InChI=1S/C65H121N2O7P/c1-7-10-13-16-19-22-25-27-28-29-30-31-32-33-34-35-36-37-38-40-43-46-49-52-55-58-65(69)74-63(56-53-50-47-44-41-24-21-18-15-12-9-3)62(61-73-75(70,71)72-60-59-67(4,5)6)66-64(68)57-54-51-48-45-42-39-26-23-20-17-14-11-8-2/h19,22,27-28,30-31,39,42,53,56,62-63H,7-18,20-21,23-26,29,32-38,40-41,43-52,54-55,57-61H2,1-6H3,(H-,66,68,70,71)/b22-19-,28-27-,31-30-,42-39-,56-53-. The molecule has 1 amide bonds. The van der Waals surface area contributed by atoms with Crippen molar-refractivity contribution in [3.05, 3.63) is 60.8 Å². The van der Waals surface area contributed by atoms with Crippen molar-refractivity contribution in [1.82, 2.24) is 5.32 Å². The molecule has 0 aromatic carbocycles. The van der Waals surface area contributed by atoms with Gasteiger partial charge in [-0.2, -0.15) is 0 Å². The highest BCUT2D eigenvalue weighted by Crippen LogP contribution is 2.38. The molecule has 0 aromatic rings. The summed E-state index contributed by atoms with van der Waals surface area (Å²) in [7, 11) is 1.18. The van der Waals surface area contributed by atoms with Crippen molar-refractivity contribution in [3.8, 4) is 0 Å². The van der Waals surface area contributed by atoms with E-state index in [9.17, 15) is 19.0 Å². The van der Waals surface area contributed by atoms with Crippen molar-refractivity contribution >= 4 is 19.7 Å². The summed E-state index contributed by atoms with van der Waals surface area (Å²) in [5, 5.41) is 3.01. The third kappa shape index (κ3) is 56.2. The van der Waals surface area contributed by atoms with Crippen LogP contribution in [0.5, 0.6) is 0 Å². The van der Waals surface area contributed by atoms with Gasteiger partial charge in [-0.3, -0.25) is 14.2 Å². The van der Waals surface area contributed by atoms with Crippen molar-refractivity contribution in [3.63, 3.8) is 0 Å². The SMILES string of the molecule is CCCCC/C=C\C/C=C\C/C=C\CCCCCCCCCCCCCCC(=O)OC(/C=C\CCCCCCCCCCC)C(COP(=O)([O-])OCC[N+](C)(C)C)NC(=O)CCCCC/C=C\CCCCCCCC. The number of phosphoric ester groups is 1. The second kappa shape index (κ2) is 55.0. The first-order chi connectivity index (χ1) is 36.4. The summed E-state index contributed by atoms with van der Waals surface area (Å²) in [5.41, 5.74) is 0. The number of nitrogens with zero attached hydrogens (tertiary/aromatic N) is 1. The van der Waals surface area contributed by atoms with Gasteiger partial charge in [0.2, 0.25) is 5.91 Å². The predicted molar refractivity (Wildman–Crippen MR) is 321 cm³/mol. The van der Waals surface area contributed by atoms with Gasteiger partial charge in [-0.15, -0.1) is 0 Å². The van der Waals surface area contributed by atoms with E-state index in [4.69, 9.17) is 13.8 Å². The molecule has 75 heavy (non-hydrogen) atoms. The van der Waals surface area contributed by atoms with Crippen molar-refractivity contribution in [1.29, 1.82) is 0 Å². The van der Waals surface area contributed by atoms with E-state index in [2.05, 4.69) is 74.7 Å². The molecule has 9 nitrogen and oxygen atoms in total. The van der Waals surface area contributed by atoms with E-state index in [1.165, 1.54) is 173 Å². The molecule has 10 heteroatoms. The molecule has 3 atom stereocenters. The third-order valence-electron chi connectivity index (χ3n) is 13.9.